The first kappa shape index (κ1) is 14.9. The van der Waals surface area contributed by atoms with Crippen LogP contribution in [0.15, 0.2) is 12.1 Å². The highest BCUT2D eigenvalue weighted by atomic mass is 19.1. The molecule has 1 aromatic rings. The smallest absolute Gasteiger partial charge is 0.257 e. The Balaban J connectivity index is 2.28. The van der Waals surface area contributed by atoms with Crippen LogP contribution in [0.3, 0.4) is 0 Å². The number of carbonyl (C=O) groups is 1. The lowest BCUT2D eigenvalue weighted by Gasteiger charge is -2.37. The number of morpholine rings is 1. The van der Waals surface area contributed by atoms with E-state index in [0.29, 0.717) is 0 Å². The molecule has 0 unspecified atom stereocenters. The van der Waals surface area contributed by atoms with Gasteiger partial charge in [-0.2, -0.15) is 0 Å². The lowest BCUT2D eigenvalue weighted by Crippen LogP contribution is -2.52. The number of aliphatic hydroxyl groups is 1. The molecule has 6 heteroatoms. The summed E-state index contributed by atoms with van der Waals surface area (Å²) in [6, 6.07) is 1.70. The first-order valence-corrected chi connectivity index (χ1v) is 6.43. The summed E-state index contributed by atoms with van der Waals surface area (Å²) >= 11 is 0. The van der Waals surface area contributed by atoms with Crippen LogP contribution in [-0.2, 0) is 4.74 Å². The van der Waals surface area contributed by atoms with Gasteiger partial charge in [0.2, 0.25) is 0 Å². The number of ether oxygens (including phenoxy) is 1. The third-order valence-electron chi connectivity index (χ3n) is 3.45. The molecule has 0 bridgehead atoms. The molecule has 110 valence electrons. The fourth-order valence-electron chi connectivity index (χ4n) is 2.19. The number of hydrogen-bond donors (Lipinski definition) is 1. The number of aliphatic hydroxyl groups excluding tert-OH is 1. The molecule has 0 aliphatic carbocycles. The average molecular weight is 285 g/mol. The van der Waals surface area contributed by atoms with Gasteiger partial charge in [0.15, 0.2) is 0 Å². The van der Waals surface area contributed by atoms with Crippen molar-refractivity contribution in [2.75, 3.05) is 19.8 Å². The van der Waals surface area contributed by atoms with Crippen molar-refractivity contribution in [2.24, 2.45) is 0 Å². The van der Waals surface area contributed by atoms with Gasteiger partial charge in [-0.15, -0.1) is 0 Å². The average Bonchev–Trinajstić information content (AvgIpc) is 2.42. The number of benzene rings is 1. The Kier molecular flexibility index (Phi) is 4.35. The highest BCUT2D eigenvalue weighted by Crippen LogP contribution is 2.20. The van der Waals surface area contributed by atoms with Crippen LogP contribution in [0.4, 0.5) is 8.78 Å². The van der Waals surface area contributed by atoms with Crippen LogP contribution >= 0.6 is 0 Å². The number of carbonyl (C=O) groups excluding carboxylic acids is 1. The molecule has 1 amide bonds. The highest BCUT2D eigenvalue weighted by Gasteiger charge is 2.31. The molecule has 20 heavy (non-hydrogen) atoms. The minimum absolute atomic E-state index is 0.158. The third-order valence-corrected chi connectivity index (χ3v) is 3.45. The summed E-state index contributed by atoms with van der Waals surface area (Å²) in [5.41, 5.74) is 0.0590. The van der Waals surface area contributed by atoms with Crippen LogP contribution in [0.1, 0.15) is 22.8 Å². The fraction of sp³-hybridized carbons (Fsp3) is 0.500. The molecule has 2 atom stereocenters. The maximum absolute atomic E-state index is 13.8. The predicted molar refractivity (Wildman–Crippen MR) is 68.4 cm³/mol. The van der Waals surface area contributed by atoms with Crippen molar-refractivity contribution in [3.05, 3.63) is 34.9 Å². The van der Waals surface area contributed by atoms with E-state index < -0.39 is 23.6 Å². The number of hydrogen-bond acceptors (Lipinski definition) is 3. The Morgan fingerprint density at radius 1 is 1.45 bits per heavy atom. The Morgan fingerprint density at radius 2 is 2.15 bits per heavy atom. The summed E-state index contributed by atoms with van der Waals surface area (Å²) < 4.78 is 32.3. The summed E-state index contributed by atoms with van der Waals surface area (Å²) in [6.07, 6.45) is -0.472. The van der Waals surface area contributed by atoms with E-state index in [-0.39, 0.29) is 36.9 Å². The van der Waals surface area contributed by atoms with E-state index >= 15 is 0 Å². The van der Waals surface area contributed by atoms with Gasteiger partial charge in [-0.25, -0.2) is 8.78 Å². The molecule has 0 aromatic heterocycles. The van der Waals surface area contributed by atoms with Crippen molar-refractivity contribution in [3.63, 3.8) is 0 Å². The number of aryl methyl sites for hydroxylation is 1. The van der Waals surface area contributed by atoms with Gasteiger partial charge in [0, 0.05) is 12.6 Å². The summed E-state index contributed by atoms with van der Waals surface area (Å²) in [4.78, 5) is 13.8. The quantitative estimate of drug-likeness (QED) is 0.896. The molecule has 0 radical (unpaired) electrons. The van der Waals surface area contributed by atoms with Crippen molar-refractivity contribution in [1.82, 2.24) is 4.90 Å². The molecule has 1 saturated heterocycles. The van der Waals surface area contributed by atoms with Crippen LogP contribution in [0, 0.1) is 18.6 Å². The van der Waals surface area contributed by atoms with Gasteiger partial charge < -0.3 is 14.7 Å². The SMILES string of the molecule is Cc1cc(C(=O)N2C[C@H](CO)OC[C@H]2C)c(F)cc1F. The zero-order valence-electron chi connectivity index (χ0n) is 11.4. The molecule has 1 fully saturated rings. The van der Waals surface area contributed by atoms with Crippen molar-refractivity contribution in [2.45, 2.75) is 26.0 Å². The predicted octanol–water partition coefficient (Wildman–Crippen LogP) is 1.50. The van der Waals surface area contributed by atoms with Crippen LogP contribution in [0.25, 0.3) is 0 Å². The highest BCUT2D eigenvalue weighted by molar-refractivity contribution is 5.95. The normalized spacial score (nSPS) is 22.9. The van der Waals surface area contributed by atoms with Crippen LogP contribution in [0.2, 0.25) is 0 Å². The Labute approximate surface area is 116 Å². The standard InChI is InChI=1S/C14H17F2NO3/c1-8-3-11(13(16)4-12(8)15)14(19)17-5-10(6-18)20-7-9(17)2/h3-4,9-10,18H,5-7H2,1-2H3/t9-,10-/m1/s1. The maximum Gasteiger partial charge on any atom is 0.257 e. The number of nitrogens with zero attached hydrogens (tertiary/aromatic N) is 1. The molecule has 1 aliphatic rings. The molecule has 1 aromatic carbocycles. The van der Waals surface area contributed by atoms with Crippen LogP contribution in [-0.4, -0.2) is 47.8 Å². The van der Waals surface area contributed by atoms with E-state index in [1.807, 2.05) is 0 Å². The van der Waals surface area contributed by atoms with Crippen molar-refractivity contribution < 1.29 is 23.4 Å². The monoisotopic (exact) mass is 285 g/mol. The number of halogens is 2. The van der Waals surface area contributed by atoms with Gasteiger partial charge in [0.1, 0.15) is 11.6 Å². The summed E-state index contributed by atoms with van der Waals surface area (Å²) in [6.45, 7) is 3.51. The first-order valence-electron chi connectivity index (χ1n) is 6.43. The number of rotatable bonds is 2. The summed E-state index contributed by atoms with van der Waals surface area (Å²) in [5, 5.41) is 9.10. The van der Waals surface area contributed by atoms with E-state index in [4.69, 9.17) is 9.84 Å². The number of amides is 1. The minimum atomic E-state index is -0.877. The molecule has 1 aliphatic heterocycles. The molecule has 4 nitrogen and oxygen atoms in total. The second-order valence-electron chi connectivity index (χ2n) is 5.03. The third kappa shape index (κ3) is 2.81. The Morgan fingerprint density at radius 3 is 2.80 bits per heavy atom. The van der Waals surface area contributed by atoms with Gasteiger partial charge >= 0.3 is 0 Å². The lowest BCUT2D eigenvalue weighted by molar-refractivity contribution is -0.0668. The molecule has 0 saturated carbocycles. The molecular formula is C14H17F2NO3. The van der Waals surface area contributed by atoms with Gasteiger partial charge in [-0.05, 0) is 25.5 Å². The van der Waals surface area contributed by atoms with Crippen molar-refractivity contribution in [1.29, 1.82) is 0 Å². The van der Waals surface area contributed by atoms with Gasteiger partial charge in [-0.3, -0.25) is 4.79 Å². The second kappa shape index (κ2) is 5.85. The Hall–Kier alpha value is -1.53. The molecular weight excluding hydrogens is 268 g/mol. The first-order chi connectivity index (χ1) is 9.43. The zero-order valence-corrected chi connectivity index (χ0v) is 11.4. The second-order valence-corrected chi connectivity index (χ2v) is 5.03. The molecule has 1 heterocycles. The zero-order chi connectivity index (χ0) is 14.9. The van der Waals surface area contributed by atoms with Crippen molar-refractivity contribution in [3.8, 4) is 0 Å². The topological polar surface area (TPSA) is 49.8 Å². The maximum atomic E-state index is 13.8. The fourth-order valence-corrected chi connectivity index (χ4v) is 2.19. The minimum Gasteiger partial charge on any atom is -0.394 e. The Bertz CT molecular complexity index is 521. The summed E-state index contributed by atoms with van der Waals surface area (Å²) in [5.74, 6) is -2.07. The van der Waals surface area contributed by atoms with E-state index in [9.17, 15) is 13.6 Å². The molecule has 1 N–H and O–H groups in total. The van der Waals surface area contributed by atoms with E-state index in [1.165, 1.54) is 17.9 Å². The van der Waals surface area contributed by atoms with Crippen molar-refractivity contribution >= 4 is 5.91 Å². The van der Waals surface area contributed by atoms with Crippen LogP contribution < -0.4 is 0 Å². The molecule has 2 rings (SSSR count). The van der Waals surface area contributed by atoms with Gasteiger partial charge in [0.25, 0.3) is 5.91 Å². The lowest BCUT2D eigenvalue weighted by atomic mass is 10.1. The summed E-state index contributed by atoms with van der Waals surface area (Å²) in [7, 11) is 0. The van der Waals surface area contributed by atoms with Crippen LogP contribution in [0.5, 0.6) is 0 Å². The van der Waals surface area contributed by atoms with Gasteiger partial charge in [-0.1, -0.05) is 0 Å². The molecule has 0 spiro atoms. The van der Waals surface area contributed by atoms with Gasteiger partial charge in [0.05, 0.1) is 30.9 Å². The van der Waals surface area contributed by atoms with E-state index in [1.54, 1.807) is 6.92 Å². The largest absolute Gasteiger partial charge is 0.394 e. The van der Waals surface area contributed by atoms with E-state index in [0.717, 1.165) is 6.07 Å². The van der Waals surface area contributed by atoms with E-state index in [2.05, 4.69) is 0 Å².